The Labute approximate surface area is 190 Å². The monoisotopic (exact) mass is 445 g/mol. The molecule has 0 saturated carbocycles. The number of carbonyl (C=O) groups excluding carboxylic acids is 2. The van der Waals surface area contributed by atoms with Crippen LogP contribution in [0.3, 0.4) is 0 Å². The Morgan fingerprint density at radius 2 is 2.15 bits per heavy atom. The van der Waals surface area contributed by atoms with Crippen molar-refractivity contribution < 1.29 is 14.1 Å². The number of nitrogens with zero attached hydrogens (tertiary/aromatic N) is 6. The summed E-state index contributed by atoms with van der Waals surface area (Å²) in [5.41, 5.74) is 1.38. The first-order chi connectivity index (χ1) is 16.1. The van der Waals surface area contributed by atoms with Gasteiger partial charge in [0.2, 0.25) is 17.6 Å². The molecule has 3 heterocycles. The standard InChI is InChI=1S/C23H23N7O3/c24-14-16-3-1-4-18(13-16)23(32)30-11-2-5-17(6-8-27-20(31)7-12-30)22-28-21(29-33-22)19-15-25-9-10-26-19/h1,3-4,9-10,13,15,17H,2,5-8,11-12H2,(H,27,31). The maximum Gasteiger partial charge on any atom is 0.253 e. The lowest BCUT2D eigenvalue weighted by molar-refractivity contribution is -0.121. The number of benzene rings is 1. The van der Waals surface area contributed by atoms with Crippen LogP contribution in [-0.2, 0) is 4.79 Å². The molecule has 10 nitrogen and oxygen atoms in total. The molecule has 1 fully saturated rings. The van der Waals surface area contributed by atoms with Gasteiger partial charge in [-0.05, 0) is 37.5 Å². The van der Waals surface area contributed by atoms with Gasteiger partial charge in [-0.1, -0.05) is 11.2 Å². The normalized spacial score (nSPS) is 17.5. The third-order valence-electron chi connectivity index (χ3n) is 5.51. The van der Waals surface area contributed by atoms with Crippen LogP contribution in [0, 0.1) is 11.3 Å². The minimum Gasteiger partial charge on any atom is -0.356 e. The third kappa shape index (κ3) is 5.57. The number of carbonyl (C=O) groups is 2. The van der Waals surface area contributed by atoms with Crippen LogP contribution in [-0.4, -0.2) is 56.5 Å². The van der Waals surface area contributed by atoms with Gasteiger partial charge in [-0.15, -0.1) is 0 Å². The molecule has 0 aliphatic carbocycles. The number of rotatable bonds is 3. The van der Waals surface area contributed by atoms with E-state index < -0.39 is 0 Å². The zero-order valence-electron chi connectivity index (χ0n) is 18.0. The summed E-state index contributed by atoms with van der Waals surface area (Å²) in [5, 5.41) is 16.1. The summed E-state index contributed by atoms with van der Waals surface area (Å²) < 4.78 is 5.50. The number of hydrogen-bond donors (Lipinski definition) is 1. The van der Waals surface area contributed by atoms with Crippen molar-refractivity contribution in [3.63, 3.8) is 0 Å². The molecule has 2 amide bonds. The van der Waals surface area contributed by atoms with E-state index in [-0.39, 0.29) is 24.2 Å². The van der Waals surface area contributed by atoms with Crippen LogP contribution in [0.25, 0.3) is 11.5 Å². The first kappa shape index (κ1) is 22.1. The van der Waals surface area contributed by atoms with Crippen LogP contribution in [0.2, 0.25) is 0 Å². The quantitative estimate of drug-likeness (QED) is 0.648. The molecular formula is C23H23N7O3. The number of amides is 2. The van der Waals surface area contributed by atoms with Crippen molar-refractivity contribution in [2.24, 2.45) is 0 Å². The van der Waals surface area contributed by atoms with Gasteiger partial charge >= 0.3 is 0 Å². The molecular weight excluding hydrogens is 422 g/mol. The van der Waals surface area contributed by atoms with Crippen molar-refractivity contribution in [2.75, 3.05) is 19.6 Å². The Kier molecular flexibility index (Phi) is 6.99. The van der Waals surface area contributed by atoms with Crippen molar-refractivity contribution in [1.29, 1.82) is 5.26 Å². The van der Waals surface area contributed by atoms with Crippen LogP contribution in [0.5, 0.6) is 0 Å². The Balaban J connectivity index is 1.48. The number of nitrogens with one attached hydrogen (secondary N) is 1. The second kappa shape index (κ2) is 10.5. The molecule has 1 unspecified atom stereocenters. The molecule has 1 N–H and O–H groups in total. The van der Waals surface area contributed by atoms with Crippen LogP contribution < -0.4 is 5.32 Å². The summed E-state index contributed by atoms with van der Waals surface area (Å²) in [4.78, 5) is 39.7. The molecule has 0 bridgehead atoms. The molecule has 1 aliphatic rings. The summed E-state index contributed by atoms with van der Waals surface area (Å²) in [6.07, 6.45) is 6.97. The largest absolute Gasteiger partial charge is 0.356 e. The molecule has 168 valence electrons. The van der Waals surface area contributed by atoms with Crippen LogP contribution in [0.15, 0.2) is 47.4 Å². The van der Waals surface area contributed by atoms with Gasteiger partial charge in [0, 0.05) is 49.9 Å². The van der Waals surface area contributed by atoms with Crippen molar-refractivity contribution in [1.82, 2.24) is 30.3 Å². The van der Waals surface area contributed by atoms with Crippen LogP contribution in [0.1, 0.15) is 53.4 Å². The Bertz CT molecular complexity index is 1160. The molecule has 4 rings (SSSR count). The Morgan fingerprint density at radius 3 is 2.97 bits per heavy atom. The average molecular weight is 445 g/mol. The lowest BCUT2D eigenvalue weighted by Crippen LogP contribution is -2.35. The van der Waals surface area contributed by atoms with Crippen LogP contribution in [0.4, 0.5) is 0 Å². The topological polar surface area (TPSA) is 138 Å². The van der Waals surface area contributed by atoms with Gasteiger partial charge in [0.1, 0.15) is 5.69 Å². The lowest BCUT2D eigenvalue weighted by Gasteiger charge is -2.23. The fourth-order valence-corrected chi connectivity index (χ4v) is 3.77. The van der Waals surface area contributed by atoms with Gasteiger partial charge in [0.05, 0.1) is 17.8 Å². The summed E-state index contributed by atoms with van der Waals surface area (Å²) in [6.45, 7) is 1.26. The molecule has 0 spiro atoms. The molecule has 33 heavy (non-hydrogen) atoms. The van der Waals surface area contributed by atoms with Crippen molar-refractivity contribution >= 4 is 11.8 Å². The van der Waals surface area contributed by atoms with E-state index in [4.69, 9.17) is 9.78 Å². The number of hydrogen-bond acceptors (Lipinski definition) is 8. The number of aromatic nitrogens is 4. The van der Waals surface area contributed by atoms with Gasteiger partial charge < -0.3 is 14.7 Å². The molecule has 2 aromatic heterocycles. The number of nitriles is 1. The van der Waals surface area contributed by atoms with E-state index in [9.17, 15) is 9.59 Å². The summed E-state index contributed by atoms with van der Waals surface area (Å²) in [5.74, 6) is 0.456. The van der Waals surface area contributed by atoms with Gasteiger partial charge in [-0.3, -0.25) is 14.6 Å². The highest BCUT2D eigenvalue weighted by Crippen LogP contribution is 2.26. The van der Waals surface area contributed by atoms with E-state index in [2.05, 4.69) is 31.5 Å². The maximum absolute atomic E-state index is 13.1. The lowest BCUT2D eigenvalue weighted by atomic mass is 9.99. The fourth-order valence-electron chi connectivity index (χ4n) is 3.77. The zero-order chi connectivity index (χ0) is 23.0. The first-order valence-corrected chi connectivity index (χ1v) is 10.8. The van der Waals surface area contributed by atoms with Gasteiger partial charge in [-0.2, -0.15) is 10.2 Å². The zero-order valence-corrected chi connectivity index (χ0v) is 18.0. The SMILES string of the molecule is N#Cc1cccc(C(=O)N2CCCC(c3nc(-c4cnccn4)no3)CCNC(=O)CC2)c1. The first-order valence-electron chi connectivity index (χ1n) is 10.8. The third-order valence-corrected chi connectivity index (χ3v) is 5.51. The minimum atomic E-state index is -0.196. The maximum atomic E-state index is 13.1. The summed E-state index contributed by atoms with van der Waals surface area (Å²) >= 11 is 0. The molecule has 1 aliphatic heterocycles. The van der Waals surface area contributed by atoms with E-state index >= 15 is 0 Å². The van der Waals surface area contributed by atoms with E-state index in [1.165, 1.54) is 0 Å². The Hall–Kier alpha value is -4.13. The van der Waals surface area contributed by atoms with Gasteiger partial charge in [-0.25, -0.2) is 4.98 Å². The second-order valence-electron chi connectivity index (χ2n) is 7.76. The van der Waals surface area contributed by atoms with Gasteiger partial charge in [0.15, 0.2) is 0 Å². The summed E-state index contributed by atoms with van der Waals surface area (Å²) in [6, 6.07) is 8.65. The van der Waals surface area contributed by atoms with Gasteiger partial charge in [0.25, 0.3) is 5.91 Å². The fraction of sp³-hybridized carbons (Fsp3) is 0.348. The van der Waals surface area contributed by atoms with E-state index in [0.717, 1.165) is 0 Å². The average Bonchev–Trinajstić information content (AvgIpc) is 3.34. The van der Waals surface area contributed by atoms with E-state index in [0.29, 0.717) is 67.4 Å². The van der Waals surface area contributed by atoms with Crippen LogP contribution >= 0.6 is 0 Å². The Morgan fingerprint density at radius 1 is 1.24 bits per heavy atom. The highest BCUT2D eigenvalue weighted by Gasteiger charge is 2.23. The van der Waals surface area contributed by atoms with Crippen molar-refractivity contribution in [3.05, 3.63) is 59.9 Å². The minimum absolute atomic E-state index is 0.0693. The molecule has 0 radical (unpaired) electrons. The summed E-state index contributed by atoms with van der Waals surface area (Å²) in [7, 11) is 0. The van der Waals surface area contributed by atoms with Crippen molar-refractivity contribution in [3.8, 4) is 17.6 Å². The molecule has 1 aromatic carbocycles. The second-order valence-corrected chi connectivity index (χ2v) is 7.76. The predicted molar refractivity (Wildman–Crippen MR) is 117 cm³/mol. The molecule has 1 atom stereocenters. The van der Waals surface area contributed by atoms with Crippen molar-refractivity contribution in [2.45, 2.75) is 31.6 Å². The molecule has 1 saturated heterocycles. The van der Waals surface area contributed by atoms with E-state index in [1.54, 1.807) is 47.8 Å². The highest BCUT2D eigenvalue weighted by atomic mass is 16.5. The molecule has 10 heteroatoms. The highest BCUT2D eigenvalue weighted by molar-refractivity contribution is 5.94. The molecule has 3 aromatic rings. The predicted octanol–water partition coefficient (Wildman–Crippen LogP) is 2.31. The smallest absolute Gasteiger partial charge is 0.253 e. The van der Waals surface area contributed by atoms with E-state index in [1.807, 2.05) is 0 Å².